The molecule has 1 aromatic heterocycles. The SMILES string of the molecule is CC1(C)C2CCC1(C)C(Oc1nnccc1C(=O)O)C2. The van der Waals surface area contributed by atoms with Crippen LogP contribution in [0.3, 0.4) is 0 Å². The maximum atomic E-state index is 11.2. The molecule has 2 bridgehead atoms. The van der Waals surface area contributed by atoms with E-state index in [0.29, 0.717) is 5.92 Å². The summed E-state index contributed by atoms with van der Waals surface area (Å²) < 4.78 is 5.99. The van der Waals surface area contributed by atoms with Gasteiger partial charge in [-0.05, 0) is 36.7 Å². The zero-order valence-electron chi connectivity index (χ0n) is 12.1. The van der Waals surface area contributed by atoms with Gasteiger partial charge in [-0.1, -0.05) is 20.8 Å². The van der Waals surface area contributed by atoms with Crippen molar-refractivity contribution in [1.82, 2.24) is 10.2 Å². The maximum Gasteiger partial charge on any atom is 0.341 e. The predicted molar refractivity (Wildman–Crippen MR) is 72.6 cm³/mol. The van der Waals surface area contributed by atoms with Crippen molar-refractivity contribution in [3.05, 3.63) is 17.8 Å². The molecule has 3 unspecified atom stereocenters. The summed E-state index contributed by atoms with van der Waals surface area (Å²) in [4.78, 5) is 11.2. The Kier molecular flexibility index (Phi) is 2.78. The van der Waals surface area contributed by atoms with Crippen LogP contribution in [0.4, 0.5) is 0 Å². The van der Waals surface area contributed by atoms with E-state index in [1.165, 1.54) is 18.7 Å². The number of hydrogen-bond acceptors (Lipinski definition) is 4. The Morgan fingerprint density at radius 2 is 2.20 bits per heavy atom. The van der Waals surface area contributed by atoms with E-state index in [-0.39, 0.29) is 28.4 Å². The first-order chi connectivity index (χ1) is 9.36. The molecule has 0 saturated heterocycles. The van der Waals surface area contributed by atoms with Gasteiger partial charge in [-0.25, -0.2) is 4.79 Å². The van der Waals surface area contributed by atoms with E-state index in [4.69, 9.17) is 4.74 Å². The highest BCUT2D eigenvalue weighted by Crippen LogP contribution is 2.66. The van der Waals surface area contributed by atoms with Crippen LogP contribution in [0, 0.1) is 16.7 Å². The van der Waals surface area contributed by atoms with E-state index >= 15 is 0 Å². The average molecular weight is 276 g/mol. The van der Waals surface area contributed by atoms with Crippen molar-refractivity contribution >= 4 is 5.97 Å². The molecule has 5 heteroatoms. The standard InChI is InChI=1S/C15H20N2O3/c1-14(2)9-4-6-15(14,3)11(8-9)20-12-10(13(18)19)5-7-16-17-12/h5,7,9,11H,4,6,8H2,1-3H3,(H,18,19). The summed E-state index contributed by atoms with van der Waals surface area (Å²) in [6.07, 6.45) is 4.72. The summed E-state index contributed by atoms with van der Waals surface area (Å²) in [6.45, 7) is 6.84. The number of aromatic carboxylic acids is 1. The van der Waals surface area contributed by atoms with E-state index in [0.717, 1.165) is 12.8 Å². The zero-order valence-corrected chi connectivity index (χ0v) is 12.1. The Bertz CT molecular complexity index is 558. The fraction of sp³-hybridized carbons (Fsp3) is 0.667. The van der Waals surface area contributed by atoms with Crippen LogP contribution in [0.1, 0.15) is 50.4 Å². The van der Waals surface area contributed by atoms with E-state index < -0.39 is 5.97 Å². The lowest BCUT2D eigenvalue weighted by Crippen LogP contribution is -2.39. The average Bonchev–Trinajstić information content (AvgIpc) is 2.72. The molecule has 20 heavy (non-hydrogen) atoms. The van der Waals surface area contributed by atoms with Gasteiger partial charge in [0.15, 0.2) is 0 Å². The Balaban J connectivity index is 1.89. The topological polar surface area (TPSA) is 72.3 Å². The lowest BCUT2D eigenvalue weighted by Gasteiger charge is -2.38. The second-order valence-electron chi connectivity index (χ2n) is 6.77. The lowest BCUT2D eigenvalue weighted by molar-refractivity contribution is 0.0253. The van der Waals surface area contributed by atoms with Crippen molar-refractivity contribution in [3.8, 4) is 5.88 Å². The Morgan fingerprint density at radius 1 is 1.45 bits per heavy atom. The molecular weight excluding hydrogens is 256 g/mol. The Labute approximate surface area is 118 Å². The van der Waals surface area contributed by atoms with E-state index in [9.17, 15) is 9.90 Å². The van der Waals surface area contributed by atoms with Crippen molar-refractivity contribution in [1.29, 1.82) is 0 Å². The van der Waals surface area contributed by atoms with Gasteiger partial charge in [0.1, 0.15) is 11.7 Å². The number of nitrogens with zero attached hydrogens (tertiary/aromatic N) is 2. The summed E-state index contributed by atoms with van der Waals surface area (Å²) in [5, 5.41) is 16.8. The van der Waals surface area contributed by atoms with Gasteiger partial charge in [0.2, 0.25) is 5.88 Å². The molecule has 0 aliphatic heterocycles. The molecule has 3 atom stereocenters. The Morgan fingerprint density at radius 3 is 2.75 bits per heavy atom. The van der Waals surface area contributed by atoms with Crippen molar-refractivity contribution in [3.63, 3.8) is 0 Å². The number of hydrogen-bond donors (Lipinski definition) is 1. The molecule has 0 spiro atoms. The second kappa shape index (κ2) is 4.17. The van der Waals surface area contributed by atoms with Crippen LogP contribution in [0.25, 0.3) is 0 Å². The summed E-state index contributed by atoms with van der Waals surface area (Å²) in [7, 11) is 0. The summed E-state index contributed by atoms with van der Waals surface area (Å²) >= 11 is 0. The minimum atomic E-state index is -1.03. The molecule has 108 valence electrons. The lowest BCUT2D eigenvalue weighted by atomic mass is 9.70. The molecule has 0 amide bonds. The largest absolute Gasteiger partial charge is 0.477 e. The third-order valence-corrected chi connectivity index (χ3v) is 5.89. The second-order valence-corrected chi connectivity index (χ2v) is 6.77. The number of carbonyl (C=O) groups is 1. The Hall–Kier alpha value is -1.65. The first-order valence-corrected chi connectivity index (χ1v) is 7.08. The fourth-order valence-electron chi connectivity index (χ4n) is 4.01. The molecule has 2 fully saturated rings. The van der Waals surface area contributed by atoms with Crippen LogP contribution in [-0.4, -0.2) is 27.4 Å². The molecule has 2 saturated carbocycles. The van der Waals surface area contributed by atoms with Crippen molar-refractivity contribution in [2.45, 2.75) is 46.1 Å². The first-order valence-electron chi connectivity index (χ1n) is 7.08. The van der Waals surface area contributed by atoms with Crippen LogP contribution < -0.4 is 4.74 Å². The van der Waals surface area contributed by atoms with Gasteiger partial charge in [-0.2, -0.15) is 5.10 Å². The van der Waals surface area contributed by atoms with Gasteiger partial charge >= 0.3 is 5.97 Å². The van der Waals surface area contributed by atoms with Crippen LogP contribution in [0.2, 0.25) is 0 Å². The van der Waals surface area contributed by atoms with Crippen molar-refractivity contribution in [2.75, 3.05) is 0 Å². The maximum absolute atomic E-state index is 11.2. The van der Waals surface area contributed by atoms with Gasteiger partial charge in [0, 0.05) is 5.41 Å². The number of carboxylic acids is 1. The molecule has 2 aliphatic carbocycles. The van der Waals surface area contributed by atoms with Gasteiger partial charge in [-0.3, -0.25) is 0 Å². The molecule has 1 N–H and O–H groups in total. The number of carboxylic acid groups (broad SMARTS) is 1. The molecule has 2 aliphatic rings. The normalized spacial score (nSPS) is 34.1. The highest BCUT2D eigenvalue weighted by atomic mass is 16.5. The summed E-state index contributed by atoms with van der Waals surface area (Å²) in [5.74, 6) is -0.237. The van der Waals surface area contributed by atoms with Gasteiger partial charge in [0.25, 0.3) is 0 Å². The van der Waals surface area contributed by atoms with E-state index in [1.807, 2.05) is 0 Å². The third-order valence-electron chi connectivity index (χ3n) is 5.89. The molecule has 1 heterocycles. The summed E-state index contributed by atoms with van der Waals surface area (Å²) in [6, 6.07) is 1.44. The van der Waals surface area contributed by atoms with Gasteiger partial charge in [0.05, 0.1) is 6.20 Å². The van der Waals surface area contributed by atoms with Gasteiger partial charge in [-0.15, -0.1) is 5.10 Å². The van der Waals surface area contributed by atoms with Gasteiger partial charge < -0.3 is 9.84 Å². The van der Waals surface area contributed by atoms with Crippen molar-refractivity contribution in [2.24, 2.45) is 16.7 Å². The number of rotatable bonds is 3. The predicted octanol–water partition coefficient (Wildman–Crippen LogP) is 2.77. The summed E-state index contributed by atoms with van der Waals surface area (Å²) in [5.41, 5.74) is 0.387. The van der Waals surface area contributed by atoms with E-state index in [2.05, 4.69) is 31.0 Å². The monoisotopic (exact) mass is 276 g/mol. The first kappa shape index (κ1) is 13.3. The minimum Gasteiger partial charge on any atom is -0.477 e. The third kappa shape index (κ3) is 1.65. The molecular formula is C15H20N2O3. The van der Waals surface area contributed by atoms with Crippen LogP contribution in [0.15, 0.2) is 12.3 Å². The number of ether oxygens (including phenoxy) is 1. The molecule has 0 radical (unpaired) electrons. The molecule has 3 rings (SSSR count). The fourth-order valence-corrected chi connectivity index (χ4v) is 4.01. The van der Waals surface area contributed by atoms with Crippen LogP contribution >= 0.6 is 0 Å². The minimum absolute atomic E-state index is 0.0195. The zero-order chi connectivity index (χ0) is 14.5. The number of aromatic nitrogens is 2. The molecule has 0 aromatic carbocycles. The van der Waals surface area contributed by atoms with Crippen LogP contribution in [0.5, 0.6) is 5.88 Å². The smallest absolute Gasteiger partial charge is 0.341 e. The highest BCUT2D eigenvalue weighted by molar-refractivity contribution is 5.89. The molecule has 5 nitrogen and oxygen atoms in total. The van der Waals surface area contributed by atoms with E-state index in [1.54, 1.807) is 0 Å². The highest BCUT2D eigenvalue weighted by Gasteiger charge is 2.62. The quantitative estimate of drug-likeness (QED) is 0.919. The molecule has 1 aromatic rings. The van der Waals surface area contributed by atoms with Crippen molar-refractivity contribution < 1.29 is 14.6 Å². The number of fused-ring (bicyclic) bond motifs is 2. The van der Waals surface area contributed by atoms with Crippen LogP contribution in [-0.2, 0) is 0 Å².